The fraction of sp³-hybridized carbons (Fsp3) is 0.381. The van der Waals surface area contributed by atoms with E-state index in [0.717, 1.165) is 5.56 Å². The Labute approximate surface area is 166 Å². The number of hydrogen-bond donors (Lipinski definition) is 2. The van der Waals surface area contributed by atoms with E-state index >= 15 is 0 Å². The number of cyclic esters (lactones) is 1. The maximum absolute atomic E-state index is 12.7. The molecule has 4 atom stereocenters. The number of phenols is 1. The Hall–Kier alpha value is -3.13. The van der Waals surface area contributed by atoms with Gasteiger partial charge in [0, 0.05) is 17.4 Å². The van der Waals surface area contributed by atoms with E-state index in [-0.39, 0.29) is 25.1 Å². The predicted molar refractivity (Wildman–Crippen MR) is 98.5 cm³/mol. The van der Waals surface area contributed by atoms with Crippen LogP contribution in [0, 0.1) is 11.8 Å². The number of aromatic hydroxyl groups is 1. The van der Waals surface area contributed by atoms with Gasteiger partial charge >= 0.3 is 5.97 Å². The summed E-state index contributed by atoms with van der Waals surface area (Å²) < 4.78 is 27.3. The van der Waals surface area contributed by atoms with Gasteiger partial charge in [0.2, 0.25) is 12.5 Å². The molecular weight excluding hydrogens is 380 g/mol. The Bertz CT molecular complexity index is 1000. The second-order valence-corrected chi connectivity index (χ2v) is 7.32. The monoisotopic (exact) mass is 400 g/mol. The average Bonchev–Trinajstić information content (AvgIpc) is 3.34. The van der Waals surface area contributed by atoms with Crippen LogP contribution in [0.15, 0.2) is 24.3 Å². The molecular formula is C21H20O8. The maximum atomic E-state index is 12.7. The van der Waals surface area contributed by atoms with E-state index in [0.29, 0.717) is 34.1 Å². The molecule has 1 fully saturated rings. The molecule has 0 radical (unpaired) electrons. The van der Waals surface area contributed by atoms with Gasteiger partial charge in [0.1, 0.15) is 0 Å². The van der Waals surface area contributed by atoms with Gasteiger partial charge < -0.3 is 33.9 Å². The molecule has 29 heavy (non-hydrogen) atoms. The van der Waals surface area contributed by atoms with E-state index in [1.807, 2.05) is 0 Å². The summed E-state index contributed by atoms with van der Waals surface area (Å²) in [5.41, 5.74) is 2.02. The summed E-state index contributed by atoms with van der Waals surface area (Å²) >= 11 is 0. The zero-order chi connectivity index (χ0) is 20.3. The second kappa shape index (κ2) is 6.45. The standard InChI is InChI=1S/C21H20O8/c1-25-13-5-9(3-4-12(13)22)15-10-6-14-19(29-8-28-14)20(26-2)17(10)18(23)11-7-27-21(24)16(11)15/h3-6,11,15-16,18,22-23H,7-8H2,1-2H3/t11-,15+,16-,18+/m0/s1. The zero-order valence-electron chi connectivity index (χ0n) is 15.9. The molecule has 2 aromatic carbocycles. The lowest BCUT2D eigenvalue weighted by Crippen LogP contribution is -2.35. The number of aliphatic hydroxyl groups is 1. The molecule has 0 unspecified atom stereocenters. The van der Waals surface area contributed by atoms with Crippen molar-refractivity contribution < 1.29 is 38.7 Å². The number of carbonyl (C=O) groups is 1. The van der Waals surface area contributed by atoms with Crippen molar-refractivity contribution >= 4 is 5.97 Å². The van der Waals surface area contributed by atoms with Crippen molar-refractivity contribution in [2.75, 3.05) is 27.6 Å². The van der Waals surface area contributed by atoms with Crippen LogP contribution in [0.4, 0.5) is 0 Å². The Kier molecular flexibility index (Phi) is 3.99. The fourth-order valence-corrected chi connectivity index (χ4v) is 4.72. The first-order valence-electron chi connectivity index (χ1n) is 9.27. The smallest absolute Gasteiger partial charge is 0.310 e. The van der Waals surface area contributed by atoms with Crippen molar-refractivity contribution in [2.24, 2.45) is 11.8 Å². The van der Waals surface area contributed by atoms with E-state index in [9.17, 15) is 15.0 Å². The van der Waals surface area contributed by atoms with Crippen LogP contribution in [0.2, 0.25) is 0 Å². The molecule has 0 saturated carbocycles. The minimum absolute atomic E-state index is 0.00105. The van der Waals surface area contributed by atoms with Gasteiger partial charge in [-0.15, -0.1) is 0 Å². The number of esters is 1. The Morgan fingerprint density at radius 2 is 1.93 bits per heavy atom. The summed E-state index contributed by atoms with van der Waals surface area (Å²) in [6.45, 7) is 0.171. The van der Waals surface area contributed by atoms with E-state index in [4.69, 9.17) is 23.7 Å². The number of fused-ring (bicyclic) bond motifs is 3. The molecule has 8 nitrogen and oxygen atoms in total. The summed E-state index contributed by atoms with van der Waals surface area (Å²) in [5.74, 6) is -0.196. The summed E-state index contributed by atoms with van der Waals surface area (Å²) in [6, 6.07) is 6.75. The molecule has 2 heterocycles. The number of ether oxygens (including phenoxy) is 5. The van der Waals surface area contributed by atoms with Crippen LogP contribution in [-0.2, 0) is 9.53 Å². The normalized spacial score (nSPS) is 26.5. The molecule has 2 aromatic rings. The highest BCUT2D eigenvalue weighted by atomic mass is 16.7. The summed E-state index contributed by atoms with van der Waals surface area (Å²) in [6.07, 6.45) is -0.957. The lowest BCUT2D eigenvalue weighted by Gasteiger charge is -2.37. The van der Waals surface area contributed by atoms with Crippen LogP contribution >= 0.6 is 0 Å². The molecule has 3 aliphatic rings. The van der Waals surface area contributed by atoms with Crippen molar-refractivity contribution in [2.45, 2.75) is 12.0 Å². The number of phenolic OH excluding ortho intramolecular Hbond substituents is 1. The lowest BCUT2D eigenvalue weighted by molar-refractivity contribution is -0.141. The first-order chi connectivity index (χ1) is 14.0. The van der Waals surface area contributed by atoms with E-state index < -0.39 is 23.9 Å². The Morgan fingerprint density at radius 3 is 2.69 bits per heavy atom. The molecule has 152 valence electrons. The zero-order valence-corrected chi connectivity index (χ0v) is 15.9. The lowest BCUT2D eigenvalue weighted by atomic mass is 9.66. The van der Waals surface area contributed by atoms with Crippen molar-refractivity contribution in [1.82, 2.24) is 0 Å². The van der Waals surface area contributed by atoms with Crippen LogP contribution < -0.4 is 18.9 Å². The Balaban J connectivity index is 1.78. The molecule has 0 spiro atoms. The number of rotatable bonds is 3. The van der Waals surface area contributed by atoms with Gasteiger partial charge in [0.15, 0.2) is 23.0 Å². The molecule has 1 saturated heterocycles. The van der Waals surface area contributed by atoms with Crippen LogP contribution in [0.5, 0.6) is 28.7 Å². The second-order valence-electron chi connectivity index (χ2n) is 7.32. The van der Waals surface area contributed by atoms with Gasteiger partial charge in [0.05, 0.1) is 32.8 Å². The van der Waals surface area contributed by atoms with Gasteiger partial charge in [-0.3, -0.25) is 4.79 Å². The fourth-order valence-electron chi connectivity index (χ4n) is 4.72. The number of hydrogen-bond acceptors (Lipinski definition) is 8. The van der Waals surface area contributed by atoms with Gasteiger partial charge in [-0.25, -0.2) is 0 Å². The Morgan fingerprint density at radius 1 is 1.10 bits per heavy atom. The molecule has 2 aliphatic heterocycles. The molecule has 5 rings (SSSR count). The van der Waals surface area contributed by atoms with Crippen LogP contribution in [0.3, 0.4) is 0 Å². The third-order valence-electron chi connectivity index (χ3n) is 6.00. The maximum Gasteiger partial charge on any atom is 0.310 e. The highest BCUT2D eigenvalue weighted by Crippen LogP contribution is 2.58. The van der Waals surface area contributed by atoms with E-state index in [1.165, 1.54) is 20.3 Å². The van der Waals surface area contributed by atoms with Crippen LogP contribution in [-0.4, -0.2) is 43.8 Å². The van der Waals surface area contributed by atoms with Gasteiger partial charge in [-0.05, 0) is 29.3 Å². The minimum Gasteiger partial charge on any atom is -0.504 e. The molecule has 0 bridgehead atoms. The van der Waals surface area contributed by atoms with Crippen LogP contribution in [0.1, 0.15) is 28.7 Å². The van der Waals surface area contributed by atoms with Gasteiger partial charge in [-0.2, -0.15) is 0 Å². The van der Waals surface area contributed by atoms with E-state index in [1.54, 1.807) is 18.2 Å². The highest BCUT2D eigenvalue weighted by molar-refractivity contribution is 5.79. The number of benzene rings is 2. The highest BCUT2D eigenvalue weighted by Gasteiger charge is 2.53. The average molecular weight is 400 g/mol. The van der Waals surface area contributed by atoms with Gasteiger partial charge in [0.25, 0.3) is 0 Å². The first-order valence-corrected chi connectivity index (χ1v) is 9.27. The number of aliphatic hydroxyl groups excluding tert-OH is 1. The predicted octanol–water partition coefficient (Wildman–Crippen LogP) is 2.11. The largest absolute Gasteiger partial charge is 0.504 e. The third-order valence-corrected chi connectivity index (χ3v) is 6.00. The quantitative estimate of drug-likeness (QED) is 0.755. The summed E-state index contributed by atoms with van der Waals surface area (Å²) in [7, 11) is 2.97. The third kappa shape index (κ3) is 2.45. The summed E-state index contributed by atoms with van der Waals surface area (Å²) in [5, 5.41) is 21.1. The molecule has 1 aliphatic carbocycles. The van der Waals surface area contributed by atoms with Crippen LogP contribution in [0.25, 0.3) is 0 Å². The topological polar surface area (TPSA) is 104 Å². The number of carbonyl (C=O) groups excluding carboxylic acids is 1. The molecule has 0 amide bonds. The number of methoxy groups -OCH3 is 2. The van der Waals surface area contributed by atoms with E-state index in [2.05, 4.69) is 0 Å². The molecule has 8 heteroatoms. The van der Waals surface area contributed by atoms with Crippen molar-refractivity contribution in [3.63, 3.8) is 0 Å². The van der Waals surface area contributed by atoms with Crippen molar-refractivity contribution in [1.29, 1.82) is 0 Å². The molecule has 0 aromatic heterocycles. The molecule has 2 N–H and O–H groups in total. The summed E-state index contributed by atoms with van der Waals surface area (Å²) in [4.78, 5) is 12.7. The van der Waals surface area contributed by atoms with Crippen molar-refractivity contribution in [3.8, 4) is 28.7 Å². The van der Waals surface area contributed by atoms with Crippen molar-refractivity contribution in [3.05, 3.63) is 41.0 Å². The first kappa shape index (κ1) is 17.9. The minimum atomic E-state index is -0.957. The SMILES string of the molecule is COc1cc([C@@H]2c3cc4c(c(OC)c3[C@H](O)[C@H]3COC(=O)[C@H]23)OCO4)ccc1O. The van der Waals surface area contributed by atoms with Gasteiger partial charge in [-0.1, -0.05) is 6.07 Å².